The van der Waals surface area contributed by atoms with E-state index in [4.69, 9.17) is 29.0 Å². The first-order chi connectivity index (χ1) is 9.31. The Bertz CT molecular complexity index is 430. The van der Waals surface area contributed by atoms with Crippen molar-refractivity contribution in [2.45, 2.75) is 25.1 Å². The summed E-state index contributed by atoms with van der Waals surface area (Å²) in [5.41, 5.74) is 3.31. The molecule has 0 aliphatic carbocycles. The van der Waals surface area contributed by atoms with Crippen LogP contribution in [0.4, 0.5) is 13.2 Å². The van der Waals surface area contributed by atoms with Gasteiger partial charge in [-0.25, -0.2) is 0 Å². The molecule has 20 heavy (non-hydrogen) atoms. The summed E-state index contributed by atoms with van der Waals surface area (Å²) in [6.45, 7) is -1.31. The number of hydrazine groups is 1. The number of alkyl halides is 3. The third-order valence-corrected chi connectivity index (χ3v) is 3.19. The lowest BCUT2D eigenvalue weighted by atomic mass is 10.0. The molecule has 1 atom stereocenters. The molecule has 3 N–H and O–H groups in total. The van der Waals surface area contributed by atoms with Gasteiger partial charge in [-0.3, -0.25) is 11.3 Å². The zero-order valence-electron chi connectivity index (χ0n) is 10.5. The molecule has 0 aliphatic rings. The standard InChI is InChI=1S/C12H15Cl2F3N2O/c13-9-1-2-11(14)8(5-9)6-10(19-18)3-4-20-7-12(15,16)17/h1-2,5,10,19H,3-4,6-7,18H2. The summed E-state index contributed by atoms with van der Waals surface area (Å²) in [6, 6.07) is 4.77. The van der Waals surface area contributed by atoms with Crippen LogP contribution < -0.4 is 11.3 Å². The molecule has 1 aromatic rings. The lowest BCUT2D eigenvalue weighted by molar-refractivity contribution is -0.174. The molecule has 0 fully saturated rings. The van der Waals surface area contributed by atoms with Gasteiger partial charge in [0.15, 0.2) is 0 Å². The van der Waals surface area contributed by atoms with E-state index in [0.717, 1.165) is 5.56 Å². The molecule has 1 unspecified atom stereocenters. The van der Waals surface area contributed by atoms with E-state index in [-0.39, 0.29) is 12.6 Å². The summed E-state index contributed by atoms with van der Waals surface area (Å²) >= 11 is 11.9. The van der Waals surface area contributed by atoms with Crippen LogP contribution in [0.2, 0.25) is 10.0 Å². The highest BCUT2D eigenvalue weighted by Gasteiger charge is 2.27. The molecule has 8 heteroatoms. The second kappa shape index (κ2) is 8.05. The minimum absolute atomic E-state index is 0.0490. The predicted molar refractivity (Wildman–Crippen MR) is 72.8 cm³/mol. The molecule has 0 heterocycles. The molecule has 0 radical (unpaired) electrons. The van der Waals surface area contributed by atoms with Crippen LogP contribution in [0.15, 0.2) is 18.2 Å². The van der Waals surface area contributed by atoms with Crippen molar-refractivity contribution in [2.75, 3.05) is 13.2 Å². The van der Waals surface area contributed by atoms with Crippen LogP contribution in [0.5, 0.6) is 0 Å². The number of nitrogens with one attached hydrogen (secondary N) is 1. The molecule has 0 saturated carbocycles. The Morgan fingerprint density at radius 1 is 1.30 bits per heavy atom. The Morgan fingerprint density at radius 3 is 2.60 bits per heavy atom. The van der Waals surface area contributed by atoms with E-state index in [1.54, 1.807) is 18.2 Å². The van der Waals surface area contributed by atoms with E-state index in [1.807, 2.05) is 0 Å². The van der Waals surface area contributed by atoms with Gasteiger partial charge in [0.2, 0.25) is 0 Å². The summed E-state index contributed by atoms with van der Waals surface area (Å²) in [4.78, 5) is 0. The second-order valence-electron chi connectivity index (χ2n) is 4.26. The SMILES string of the molecule is NNC(CCOCC(F)(F)F)Cc1cc(Cl)ccc1Cl. The van der Waals surface area contributed by atoms with Gasteiger partial charge in [-0.15, -0.1) is 0 Å². The molecule has 1 rings (SSSR count). The van der Waals surface area contributed by atoms with Crippen LogP contribution in [0.3, 0.4) is 0 Å². The topological polar surface area (TPSA) is 47.3 Å². The minimum atomic E-state index is -4.32. The van der Waals surface area contributed by atoms with E-state index >= 15 is 0 Å². The van der Waals surface area contributed by atoms with Crippen LogP contribution in [0, 0.1) is 0 Å². The van der Waals surface area contributed by atoms with Crippen molar-refractivity contribution in [3.05, 3.63) is 33.8 Å². The quantitative estimate of drug-likeness (QED) is 0.458. The molecular formula is C12H15Cl2F3N2O. The molecule has 0 bridgehead atoms. The van der Waals surface area contributed by atoms with E-state index in [0.29, 0.717) is 22.9 Å². The number of nitrogens with two attached hydrogens (primary N) is 1. The van der Waals surface area contributed by atoms with Crippen LogP contribution in [0.25, 0.3) is 0 Å². The predicted octanol–water partition coefficient (Wildman–Crippen LogP) is 3.34. The van der Waals surface area contributed by atoms with Crippen molar-refractivity contribution in [1.29, 1.82) is 0 Å². The summed E-state index contributed by atoms with van der Waals surface area (Å²) in [5, 5.41) is 1.07. The van der Waals surface area contributed by atoms with Crippen molar-refractivity contribution < 1.29 is 17.9 Å². The smallest absolute Gasteiger partial charge is 0.372 e. The van der Waals surface area contributed by atoms with E-state index in [1.165, 1.54) is 0 Å². The van der Waals surface area contributed by atoms with Crippen LogP contribution >= 0.6 is 23.2 Å². The molecule has 1 aromatic carbocycles. The molecule has 3 nitrogen and oxygen atoms in total. The first kappa shape index (κ1) is 17.5. The average molecular weight is 331 g/mol. The highest BCUT2D eigenvalue weighted by atomic mass is 35.5. The van der Waals surface area contributed by atoms with E-state index < -0.39 is 12.8 Å². The highest BCUT2D eigenvalue weighted by molar-refractivity contribution is 6.33. The molecule has 0 aromatic heterocycles. The number of rotatable bonds is 7. The molecule has 0 amide bonds. The monoisotopic (exact) mass is 330 g/mol. The average Bonchev–Trinajstić information content (AvgIpc) is 2.36. The van der Waals surface area contributed by atoms with Gasteiger partial charge in [0.05, 0.1) is 0 Å². The van der Waals surface area contributed by atoms with Crippen LogP contribution in [-0.4, -0.2) is 25.4 Å². The third kappa shape index (κ3) is 6.76. The first-order valence-corrected chi connectivity index (χ1v) is 6.62. The van der Waals surface area contributed by atoms with Gasteiger partial charge in [-0.2, -0.15) is 13.2 Å². The van der Waals surface area contributed by atoms with Crippen molar-refractivity contribution in [2.24, 2.45) is 5.84 Å². The van der Waals surface area contributed by atoms with Gasteiger partial charge in [0.1, 0.15) is 6.61 Å². The van der Waals surface area contributed by atoms with Gasteiger partial charge >= 0.3 is 6.18 Å². The van der Waals surface area contributed by atoms with E-state index in [9.17, 15) is 13.2 Å². The van der Waals surface area contributed by atoms with Gasteiger partial charge in [0, 0.05) is 22.7 Å². The van der Waals surface area contributed by atoms with Crippen molar-refractivity contribution in [1.82, 2.24) is 5.43 Å². The maximum absolute atomic E-state index is 11.9. The van der Waals surface area contributed by atoms with Crippen LogP contribution in [-0.2, 0) is 11.2 Å². The molecular weight excluding hydrogens is 316 g/mol. The fraction of sp³-hybridized carbons (Fsp3) is 0.500. The van der Waals surface area contributed by atoms with Gasteiger partial charge in [0.25, 0.3) is 0 Å². The van der Waals surface area contributed by atoms with Crippen LogP contribution in [0.1, 0.15) is 12.0 Å². The molecule has 0 aliphatic heterocycles. The maximum atomic E-state index is 11.9. The normalized spacial score (nSPS) is 13.5. The Hall–Kier alpha value is -0.530. The molecule has 0 saturated heterocycles. The molecule has 0 spiro atoms. The Kier molecular flexibility index (Phi) is 7.05. The Balaban J connectivity index is 2.45. The van der Waals surface area contributed by atoms with Crippen molar-refractivity contribution in [3.63, 3.8) is 0 Å². The highest BCUT2D eigenvalue weighted by Crippen LogP contribution is 2.22. The minimum Gasteiger partial charge on any atom is -0.372 e. The maximum Gasteiger partial charge on any atom is 0.411 e. The number of hydrogen-bond acceptors (Lipinski definition) is 3. The fourth-order valence-corrected chi connectivity index (χ4v) is 2.01. The summed E-state index contributed by atoms with van der Waals surface area (Å²) < 4.78 is 40.3. The van der Waals surface area contributed by atoms with E-state index in [2.05, 4.69) is 10.2 Å². The number of benzene rings is 1. The zero-order valence-corrected chi connectivity index (χ0v) is 12.0. The second-order valence-corrected chi connectivity index (χ2v) is 5.10. The summed E-state index contributed by atoms with van der Waals surface area (Å²) in [7, 11) is 0. The molecule has 114 valence electrons. The van der Waals surface area contributed by atoms with Gasteiger partial charge in [-0.1, -0.05) is 23.2 Å². The third-order valence-electron chi connectivity index (χ3n) is 2.59. The van der Waals surface area contributed by atoms with Gasteiger partial charge < -0.3 is 4.74 Å². The number of ether oxygens (including phenoxy) is 1. The zero-order chi connectivity index (χ0) is 15.2. The number of hydrogen-bond donors (Lipinski definition) is 2. The first-order valence-electron chi connectivity index (χ1n) is 5.86. The Labute approximate surface area is 125 Å². The van der Waals surface area contributed by atoms with Crippen molar-refractivity contribution >= 4 is 23.2 Å². The fourth-order valence-electron chi connectivity index (χ4n) is 1.62. The lowest BCUT2D eigenvalue weighted by Crippen LogP contribution is -2.38. The lowest BCUT2D eigenvalue weighted by Gasteiger charge is -2.17. The largest absolute Gasteiger partial charge is 0.411 e. The van der Waals surface area contributed by atoms with Crippen molar-refractivity contribution in [3.8, 4) is 0 Å². The summed E-state index contributed by atoms with van der Waals surface area (Å²) in [6.07, 6.45) is -3.54. The summed E-state index contributed by atoms with van der Waals surface area (Å²) in [5.74, 6) is 5.37. The van der Waals surface area contributed by atoms with Gasteiger partial charge in [-0.05, 0) is 36.6 Å². The Morgan fingerprint density at radius 2 is 2.00 bits per heavy atom. The number of halogens is 5.